The molecule has 3 aliphatic rings. The van der Waals surface area contributed by atoms with Gasteiger partial charge in [-0.25, -0.2) is 14.2 Å². The molecule has 5 rings (SSSR count). The second kappa shape index (κ2) is 7.12. The zero-order valence-electron chi connectivity index (χ0n) is 16.1. The molecule has 30 heavy (non-hydrogen) atoms. The van der Waals surface area contributed by atoms with Crippen LogP contribution in [0.25, 0.3) is 0 Å². The van der Waals surface area contributed by atoms with Crippen LogP contribution in [0.3, 0.4) is 0 Å². The number of hydrogen-bond acceptors (Lipinski definition) is 6. The molecule has 1 aromatic carbocycles. The van der Waals surface area contributed by atoms with E-state index in [1.54, 1.807) is 24.3 Å². The lowest BCUT2D eigenvalue weighted by Crippen LogP contribution is -2.47. The topological polar surface area (TPSA) is 134 Å². The molecule has 0 radical (unpaired) electrons. The minimum absolute atomic E-state index is 0.0308. The number of amides is 3. The number of carbonyl (C=O) groups is 2. The second-order valence-corrected chi connectivity index (χ2v) is 8.18. The number of anilines is 4. The summed E-state index contributed by atoms with van der Waals surface area (Å²) in [6.07, 6.45) is 2.69. The van der Waals surface area contributed by atoms with Crippen molar-refractivity contribution in [1.29, 1.82) is 0 Å². The number of benzene rings is 1. The van der Waals surface area contributed by atoms with Crippen molar-refractivity contribution in [3.63, 3.8) is 0 Å². The average Bonchev–Trinajstić information content (AvgIpc) is 3.27. The fourth-order valence-corrected chi connectivity index (χ4v) is 5.22. The third-order valence-corrected chi connectivity index (χ3v) is 6.42. The van der Waals surface area contributed by atoms with E-state index < -0.39 is 17.6 Å². The number of primary amides is 1. The molecule has 1 unspecified atom stereocenters. The summed E-state index contributed by atoms with van der Waals surface area (Å²) < 4.78 is 14.5. The van der Waals surface area contributed by atoms with Crippen molar-refractivity contribution in [3.8, 4) is 0 Å². The lowest BCUT2D eigenvalue weighted by Gasteiger charge is -2.35. The van der Waals surface area contributed by atoms with E-state index in [1.807, 2.05) is 0 Å². The smallest absolute Gasteiger partial charge is 0.319 e. The molecule has 2 fully saturated rings. The van der Waals surface area contributed by atoms with Gasteiger partial charge < -0.3 is 27.0 Å². The summed E-state index contributed by atoms with van der Waals surface area (Å²) >= 11 is 0. The number of nitrogens with one attached hydrogen (secondary N) is 4. The first-order valence-corrected chi connectivity index (χ1v) is 9.98. The maximum Gasteiger partial charge on any atom is 0.319 e. The number of halogens is 1. The molecule has 6 N–H and O–H groups in total. The Balaban J connectivity index is 1.53. The molecule has 9 nitrogen and oxygen atoms in total. The summed E-state index contributed by atoms with van der Waals surface area (Å²) in [5.74, 6) is -0.835. The molecule has 0 spiro atoms. The highest BCUT2D eigenvalue weighted by atomic mass is 19.1. The van der Waals surface area contributed by atoms with Gasteiger partial charge in [-0.2, -0.15) is 4.98 Å². The molecule has 1 aromatic heterocycles. The van der Waals surface area contributed by atoms with Gasteiger partial charge in [0.05, 0.1) is 12.1 Å². The van der Waals surface area contributed by atoms with Crippen LogP contribution >= 0.6 is 0 Å². The standard InChI is InChI=1S/C20H22FN7O2/c21-14-8-23-19-25-11-2-1-3-12(6-11)26-20(30)24-7-10-4-9-5-13(10)16(15(9)17(22)29)27-18(14)28-19/h1-3,6,8-10,13,15-16H,4-5,7H2,(H2,22,29)(H2,24,26,30)(H2,23,25,27,28)/t9-,10?,13-,15+,16-/m1/s1. The fourth-order valence-electron chi connectivity index (χ4n) is 5.22. The van der Waals surface area contributed by atoms with Crippen LogP contribution in [0.15, 0.2) is 30.5 Å². The highest BCUT2D eigenvalue weighted by molar-refractivity contribution is 5.90. The molecule has 2 saturated carbocycles. The zero-order chi connectivity index (χ0) is 20.8. The van der Waals surface area contributed by atoms with Gasteiger partial charge in [0, 0.05) is 24.0 Å². The number of nitrogens with two attached hydrogens (primary N) is 1. The number of rotatable bonds is 1. The first-order valence-electron chi connectivity index (χ1n) is 9.98. The van der Waals surface area contributed by atoms with E-state index in [9.17, 15) is 14.0 Å². The third kappa shape index (κ3) is 3.27. The Labute approximate surface area is 172 Å². The molecule has 2 aromatic rings. The Morgan fingerprint density at radius 3 is 2.77 bits per heavy atom. The van der Waals surface area contributed by atoms with E-state index in [0.29, 0.717) is 17.9 Å². The largest absolute Gasteiger partial charge is 0.369 e. The van der Waals surface area contributed by atoms with Crippen LogP contribution in [0.1, 0.15) is 12.8 Å². The van der Waals surface area contributed by atoms with Gasteiger partial charge in [-0.1, -0.05) is 6.07 Å². The number of fused-ring (bicyclic) bond motifs is 5. The molecule has 5 atom stereocenters. The molecule has 6 bridgehead atoms. The maximum atomic E-state index is 14.5. The molecule has 1 aliphatic heterocycles. The molecule has 156 valence electrons. The van der Waals surface area contributed by atoms with E-state index in [1.165, 1.54) is 0 Å². The first kappa shape index (κ1) is 18.6. The monoisotopic (exact) mass is 411 g/mol. The number of carbonyl (C=O) groups excluding carboxylic acids is 2. The zero-order valence-corrected chi connectivity index (χ0v) is 16.1. The van der Waals surface area contributed by atoms with E-state index in [2.05, 4.69) is 31.2 Å². The molecular weight excluding hydrogens is 389 g/mol. The Hall–Kier alpha value is -3.43. The predicted octanol–water partition coefficient (Wildman–Crippen LogP) is 2.03. The van der Waals surface area contributed by atoms with Crippen LogP contribution in [-0.4, -0.2) is 34.5 Å². The van der Waals surface area contributed by atoms with E-state index in [0.717, 1.165) is 19.0 Å². The Morgan fingerprint density at radius 1 is 1.17 bits per heavy atom. The highest BCUT2D eigenvalue weighted by Crippen LogP contribution is 2.52. The van der Waals surface area contributed by atoms with E-state index >= 15 is 0 Å². The Morgan fingerprint density at radius 2 is 1.97 bits per heavy atom. The van der Waals surface area contributed by atoms with Crippen LogP contribution in [0.5, 0.6) is 0 Å². The van der Waals surface area contributed by atoms with Gasteiger partial charge in [0.25, 0.3) is 0 Å². The van der Waals surface area contributed by atoms with Crippen LogP contribution in [-0.2, 0) is 4.79 Å². The van der Waals surface area contributed by atoms with Gasteiger partial charge in [-0.3, -0.25) is 4.79 Å². The SMILES string of the molecule is NC(=O)[C@H]1[C@@H]2CC3CNC(=O)Nc4cccc(c4)Nc4ncc(F)c(n4)N[C@@H]1[C@@H]3C2. The van der Waals surface area contributed by atoms with Crippen LogP contribution in [0.4, 0.5) is 32.3 Å². The van der Waals surface area contributed by atoms with Crippen molar-refractivity contribution < 1.29 is 14.0 Å². The van der Waals surface area contributed by atoms with Gasteiger partial charge in [-0.05, 0) is 48.8 Å². The highest BCUT2D eigenvalue weighted by Gasteiger charge is 2.54. The molecule has 2 heterocycles. The van der Waals surface area contributed by atoms with Gasteiger partial charge in [-0.15, -0.1) is 0 Å². The summed E-state index contributed by atoms with van der Waals surface area (Å²) in [5, 5.41) is 11.9. The summed E-state index contributed by atoms with van der Waals surface area (Å²) in [4.78, 5) is 32.8. The van der Waals surface area contributed by atoms with E-state index in [-0.39, 0.29) is 41.6 Å². The summed E-state index contributed by atoms with van der Waals surface area (Å²) in [7, 11) is 0. The van der Waals surface area contributed by atoms with E-state index in [4.69, 9.17) is 5.73 Å². The number of urea groups is 1. The van der Waals surface area contributed by atoms with Gasteiger partial charge >= 0.3 is 6.03 Å². The van der Waals surface area contributed by atoms with Crippen molar-refractivity contribution in [2.75, 3.05) is 22.5 Å². The van der Waals surface area contributed by atoms with Gasteiger partial charge in [0.2, 0.25) is 11.9 Å². The maximum absolute atomic E-state index is 14.5. The normalized spacial score (nSPS) is 29.5. The molecule has 0 saturated heterocycles. The molecule has 2 aliphatic carbocycles. The summed E-state index contributed by atoms with van der Waals surface area (Å²) in [6, 6.07) is 6.41. The number of nitrogens with zero attached hydrogens (tertiary/aromatic N) is 2. The lowest BCUT2D eigenvalue weighted by molar-refractivity contribution is -0.123. The summed E-state index contributed by atoms with van der Waals surface area (Å²) in [6.45, 7) is 0.464. The third-order valence-electron chi connectivity index (χ3n) is 6.42. The van der Waals surface area contributed by atoms with Crippen LogP contribution in [0.2, 0.25) is 0 Å². The average molecular weight is 411 g/mol. The Kier molecular flexibility index (Phi) is 4.41. The van der Waals surface area contributed by atoms with Crippen molar-refractivity contribution in [2.45, 2.75) is 18.9 Å². The van der Waals surface area contributed by atoms with Crippen LogP contribution < -0.4 is 27.0 Å². The second-order valence-electron chi connectivity index (χ2n) is 8.18. The molecule has 3 amide bonds. The quantitative estimate of drug-likeness (QED) is 0.487. The fraction of sp³-hybridized carbons (Fsp3) is 0.400. The number of aromatic nitrogens is 2. The van der Waals surface area contributed by atoms with Crippen molar-refractivity contribution in [1.82, 2.24) is 15.3 Å². The van der Waals surface area contributed by atoms with Gasteiger partial charge in [0.1, 0.15) is 0 Å². The van der Waals surface area contributed by atoms with Crippen molar-refractivity contribution >= 4 is 35.1 Å². The molecule has 10 heteroatoms. The molecular formula is C20H22FN7O2. The first-order chi connectivity index (χ1) is 14.5. The van der Waals surface area contributed by atoms with Crippen LogP contribution in [0, 0.1) is 29.5 Å². The Bertz CT molecular complexity index is 1020. The van der Waals surface area contributed by atoms with Crippen molar-refractivity contribution in [3.05, 3.63) is 36.3 Å². The predicted molar refractivity (Wildman–Crippen MR) is 109 cm³/mol. The minimum atomic E-state index is -0.601. The summed E-state index contributed by atoms with van der Waals surface area (Å²) in [5.41, 5.74) is 6.92. The lowest BCUT2D eigenvalue weighted by atomic mass is 9.77. The van der Waals surface area contributed by atoms with Crippen molar-refractivity contribution in [2.24, 2.45) is 29.4 Å². The number of hydrogen-bond donors (Lipinski definition) is 5. The minimum Gasteiger partial charge on any atom is -0.369 e. The van der Waals surface area contributed by atoms with Gasteiger partial charge in [0.15, 0.2) is 11.6 Å².